The number of rotatable bonds is 4. The zero-order valence-corrected chi connectivity index (χ0v) is 11.3. The van der Waals surface area contributed by atoms with Crippen LogP contribution in [-0.4, -0.2) is 21.9 Å². The van der Waals surface area contributed by atoms with Crippen LogP contribution in [0.4, 0.5) is 0 Å². The number of hydrogen-bond donors (Lipinski definition) is 3. The van der Waals surface area contributed by atoms with Gasteiger partial charge in [0.05, 0.1) is 6.10 Å². The number of aryl methyl sites for hydroxylation is 2. The van der Waals surface area contributed by atoms with Gasteiger partial charge in [0, 0.05) is 12.1 Å². The predicted molar refractivity (Wildman–Crippen MR) is 70.2 cm³/mol. The standard InChI is InChI=1S/C14H23NO2/c1-9-6-12(7-10(2)13(9)17)8-15-14(4,5)11(3)16/h6-7,11,15-17H,8H2,1-5H3. The SMILES string of the molecule is Cc1cc(CNC(C)(C)C(C)O)cc(C)c1O. The van der Waals surface area contributed by atoms with Crippen molar-refractivity contribution >= 4 is 0 Å². The molecule has 0 aliphatic rings. The highest BCUT2D eigenvalue weighted by Crippen LogP contribution is 2.23. The van der Waals surface area contributed by atoms with Crippen LogP contribution in [0.3, 0.4) is 0 Å². The molecule has 1 aromatic rings. The van der Waals surface area contributed by atoms with Crippen LogP contribution in [-0.2, 0) is 6.54 Å². The fourth-order valence-corrected chi connectivity index (χ4v) is 1.63. The second kappa shape index (κ2) is 5.07. The summed E-state index contributed by atoms with van der Waals surface area (Å²) in [6.07, 6.45) is -0.415. The van der Waals surface area contributed by atoms with Gasteiger partial charge in [0.15, 0.2) is 0 Å². The number of aliphatic hydroxyl groups is 1. The number of nitrogens with one attached hydrogen (secondary N) is 1. The van der Waals surface area contributed by atoms with Gasteiger partial charge in [0.25, 0.3) is 0 Å². The highest BCUT2D eigenvalue weighted by molar-refractivity contribution is 5.42. The lowest BCUT2D eigenvalue weighted by molar-refractivity contribution is 0.0956. The minimum Gasteiger partial charge on any atom is -0.507 e. The number of aliphatic hydroxyl groups excluding tert-OH is 1. The van der Waals surface area contributed by atoms with E-state index in [1.165, 1.54) is 0 Å². The molecular formula is C14H23NO2. The number of benzene rings is 1. The molecular weight excluding hydrogens is 214 g/mol. The lowest BCUT2D eigenvalue weighted by Crippen LogP contribution is -2.47. The van der Waals surface area contributed by atoms with Crippen LogP contribution >= 0.6 is 0 Å². The van der Waals surface area contributed by atoms with Crippen molar-refractivity contribution < 1.29 is 10.2 Å². The average Bonchev–Trinajstić information content (AvgIpc) is 2.22. The Morgan fingerprint density at radius 1 is 1.24 bits per heavy atom. The third-order valence-electron chi connectivity index (χ3n) is 3.34. The van der Waals surface area contributed by atoms with Gasteiger partial charge in [-0.25, -0.2) is 0 Å². The fraction of sp³-hybridized carbons (Fsp3) is 0.571. The van der Waals surface area contributed by atoms with E-state index in [0.717, 1.165) is 16.7 Å². The molecule has 3 heteroatoms. The summed E-state index contributed by atoms with van der Waals surface area (Å²) in [4.78, 5) is 0. The molecule has 1 unspecified atom stereocenters. The minimum absolute atomic E-state index is 0.320. The maximum Gasteiger partial charge on any atom is 0.121 e. The normalized spacial score (nSPS) is 13.8. The Morgan fingerprint density at radius 2 is 1.71 bits per heavy atom. The highest BCUT2D eigenvalue weighted by atomic mass is 16.3. The van der Waals surface area contributed by atoms with Gasteiger partial charge in [-0.15, -0.1) is 0 Å². The first-order valence-electron chi connectivity index (χ1n) is 5.96. The molecule has 0 spiro atoms. The number of aromatic hydroxyl groups is 1. The quantitative estimate of drug-likeness (QED) is 0.753. The first-order chi connectivity index (χ1) is 7.74. The Kier molecular flexibility index (Phi) is 4.17. The fourth-order valence-electron chi connectivity index (χ4n) is 1.63. The molecule has 0 fully saturated rings. The van der Waals surface area contributed by atoms with Crippen molar-refractivity contribution in [2.75, 3.05) is 0 Å². The van der Waals surface area contributed by atoms with Crippen LogP contribution in [0.1, 0.15) is 37.5 Å². The van der Waals surface area contributed by atoms with Crippen LogP contribution in [0, 0.1) is 13.8 Å². The van der Waals surface area contributed by atoms with E-state index in [2.05, 4.69) is 5.32 Å². The topological polar surface area (TPSA) is 52.5 Å². The summed E-state index contributed by atoms with van der Waals surface area (Å²) in [5, 5.41) is 22.6. The third-order valence-corrected chi connectivity index (χ3v) is 3.34. The van der Waals surface area contributed by atoms with Crippen LogP contribution in [0.15, 0.2) is 12.1 Å². The first kappa shape index (κ1) is 14.0. The largest absolute Gasteiger partial charge is 0.507 e. The molecule has 0 radical (unpaired) electrons. The maximum atomic E-state index is 9.69. The Labute approximate surface area is 103 Å². The van der Waals surface area contributed by atoms with Crippen molar-refractivity contribution in [3.63, 3.8) is 0 Å². The van der Waals surface area contributed by atoms with E-state index in [-0.39, 0.29) is 5.54 Å². The summed E-state index contributed by atoms with van der Waals surface area (Å²) >= 11 is 0. The number of phenols is 1. The van der Waals surface area contributed by atoms with Crippen molar-refractivity contribution in [1.29, 1.82) is 0 Å². The monoisotopic (exact) mass is 237 g/mol. The van der Waals surface area contributed by atoms with Gasteiger partial charge in [-0.05, 0) is 51.3 Å². The molecule has 0 aromatic heterocycles. The molecule has 0 heterocycles. The lowest BCUT2D eigenvalue weighted by atomic mass is 9.98. The van der Waals surface area contributed by atoms with E-state index in [1.807, 2.05) is 39.8 Å². The molecule has 0 aliphatic heterocycles. The third kappa shape index (κ3) is 3.45. The summed E-state index contributed by atoms with van der Waals surface area (Å²) in [5.41, 5.74) is 2.57. The lowest BCUT2D eigenvalue weighted by Gasteiger charge is -2.29. The molecule has 96 valence electrons. The molecule has 0 amide bonds. The molecule has 0 aliphatic carbocycles. The zero-order valence-electron chi connectivity index (χ0n) is 11.3. The van der Waals surface area contributed by atoms with Gasteiger partial charge in [0.2, 0.25) is 0 Å². The second-order valence-corrected chi connectivity index (χ2v) is 5.33. The van der Waals surface area contributed by atoms with Crippen molar-refractivity contribution in [2.45, 2.75) is 52.8 Å². The zero-order chi connectivity index (χ0) is 13.2. The number of phenolic OH excluding ortho intramolecular Hbond substituents is 1. The van der Waals surface area contributed by atoms with E-state index >= 15 is 0 Å². The first-order valence-corrected chi connectivity index (χ1v) is 5.96. The molecule has 0 saturated heterocycles. The average molecular weight is 237 g/mol. The van der Waals surface area contributed by atoms with Crippen LogP contribution in [0.5, 0.6) is 5.75 Å². The highest BCUT2D eigenvalue weighted by Gasteiger charge is 2.22. The van der Waals surface area contributed by atoms with E-state index in [0.29, 0.717) is 12.3 Å². The predicted octanol–water partition coefficient (Wildman–Crippen LogP) is 2.26. The molecule has 0 saturated carbocycles. The van der Waals surface area contributed by atoms with Gasteiger partial charge >= 0.3 is 0 Å². The number of hydrogen-bond acceptors (Lipinski definition) is 3. The summed E-state index contributed by atoms with van der Waals surface area (Å²) in [6, 6.07) is 3.93. The smallest absolute Gasteiger partial charge is 0.121 e. The molecule has 1 atom stereocenters. The van der Waals surface area contributed by atoms with Crippen molar-refractivity contribution in [2.24, 2.45) is 0 Å². The molecule has 1 rings (SSSR count). The van der Waals surface area contributed by atoms with Gasteiger partial charge in [0.1, 0.15) is 5.75 Å². The molecule has 3 N–H and O–H groups in total. The van der Waals surface area contributed by atoms with E-state index < -0.39 is 6.10 Å². The Bertz CT molecular complexity index is 374. The maximum absolute atomic E-state index is 9.69. The molecule has 17 heavy (non-hydrogen) atoms. The Morgan fingerprint density at radius 3 is 2.12 bits per heavy atom. The Hall–Kier alpha value is -1.06. The van der Waals surface area contributed by atoms with Gasteiger partial charge < -0.3 is 15.5 Å². The van der Waals surface area contributed by atoms with Gasteiger partial charge in [-0.2, -0.15) is 0 Å². The molecule has 3 nitrogen and oxygen atoms in total. The van der Waals surface area contributed by atoms with Gasteiger partial charge in [-0.3, -0.25) is 0 Å². The summed E-state index contributed by atoms with van der Waals surface area (Å²) in [7, 11) is 0. The van der Waals surface area contributed by atoms with Gasteiger partial charge in [-0.1, -0.05) is 12.1 Å². The van der Waals surface area contributed by atoms with Crippen LogP contribution in [0.2, 0.25) is 0 Å². The minimum atomic E-state index is -0.415. The summed E-state index contributed by atoms with van der Waals surface area (Å²) in [5.74, 6) is 0.364. The van der Waals surface area contributed by atoms with Crippen LogP contribution < -0.4 is 5.32 Å². The second-order valence-electron chi connectivity index (χ2n) is 5.33. The van der Waals surface area contributed by atoms with E-state index in [4.69, 9.17) is 0 Å². The van der Waals surface area contributed by atoms with Crippen molar-refractivity contribution in [1.82, 2.24) is 5.32 Å². The Balaban J connectivity index is 2.77. The van der Waals surface area contributed by atoms with E-state index in [9.17, 15) is 10.2 Å². The molecule has 0 bridgehead atoms. The summed E-state index contributed by atoms with van der Waals surface area (Å²) in [6.45, 7) is 10.2. The van der Waals surface area contributed by atoms with Crippen molar-refractivity contribution in [3.05, 3.63) is 28.8 Å². The molecule has 1 aromatic carbocycles. The summed E-state index contributed by atoms with van der Waals surface area (Å²) < 4.78 is 0. The van der Waals surface area contributed by atoms with Crippen molar-refractivity contribution in [3.8, 4) is 5.75 Å². The van der Waals surface area contributed by atoms with E-state index in [1.54, 1.807) is 6.92 Å². The van der Waals surface area contributed by atoms with Crippen LogP contribution in [0.25, 0.3) is 0 Å².